The summed E-state index contributed by atoms with van der Waals surface area (Å²) in [5.41, 5.74) is 8.37. The van der Waals surface area contributed by atoms with Gasteiger partial charge in [-0.2, -0.15) is 0 Å². The van der Waals surface area contributed by atoms with Gasteiger partial charge in [-0.25, -0.2) is 0 Å². The Kier molecular flexibility index (Phi) is 2.63. The van der Waals surface area contributed by atoms with Crippen LogP contribution in [0.15, 0.2) is 29.1 Å². The summed E-state index contributed by atoms with van der Waals surface area (Å²) in [6, 6.07) is 1.92. The summed E-state index contributed by atoms with van der Waals surface area (Å²) in [5, 5.41) is 1.14. The van der Waals surface area contributed by atoms with Crippen molar-refractivity contribution in [3.05, 3.63) is 30.3 Å². The largest absolute Gasteiger partial charge is 0.464 e. The fourth-order valence-corrected chi connectivity index (χ4v) is 3.10. The second kappa shape index (κ2) is 4.15. The number of furan rings is 1. The number of pyridine rings is 1. The first-order valence-electron chi connectivity index (χ1n) is 6.37. The van der Waals surface area contributed by atoms with Gasteiger partial charge in [0.25, 0.3) is 0 Å². The van der Waals surface area contributed by atoms with Crippen LogP contribution in [-0.2, 0) is 5.41 Å². The maximum absolute atomic E-state index is 6.06. The number of hydrogen-bond acceptors (Lipinski definition) is 3. The van der Waals surface area contributed by atoms with Crippen LogP contribution in [0.2, 0.25) is 0 Å². The fourth-order valence-electron chi connectivity index (χ4n) is 3.10. The van der Waals surface area contributed by atoms with E-state index in [0.717, 1.165) is 11.0 Å². The van der Waals surface area contributed by atoms with E-state index in [1.165, 1.54) is 37.7 Å². The van der Waals surface area contributed by atoms with Crippen LogP contribution < -0.4 is 5.73 Å². The summed E-state index contributed by atoms with van der Waals surface area (Å²) < 4.78 is 5.63. The molecular formula is C14H18N2O. The molecule has 1 aliphatic carbocycles. The average molecular weight is 230 g/mol. The lowest BCUT2D eigenvalue weighted by atomic mass is 9.69. The minimum Gasteiger partial charge on any atom is -0.464 e. The van der Waals surface area contributed by atoms with E-state index in [-0.39, 0.29) is 5.41 Å². The van der Waals surface area contributed by atoms with Crippen molar-refractivity contribution in [2.75, 3.05) is 6.54 Å². The molecule has 0 unspecified atom stereocenters. The second-order valence-electron chi connectivity index (χ2n) is 5.07. The first-order valence-corrected chi connectivity index (χ1v) is 6.37. The highest BCUT2D eigenvalue weighted by Crippen LogP contribution is 2.42. The number of fused-ring (bicyclic) bond motifs is 1. The van der Waals surface area contributed by atoms with E-state index in [2.05, 4.69) is 4.98 Å². The minimum absolute atomic E-state index is 0.118. The molecule has 2 aromatic rings. The van der Waals surface area contributed by atoms with Crippen LogP contribution in [-0.4, -0.2) is 11.5 Å². The van der Waals surface area contributed by atoms with E-state index in [1.54, 1.807) is 6.20 Å². The number of nitrogens with two attached hydrogens (primary N) is 1. The van der Waals surface area contributed by atoms with Gasteiger partial charge in [-0.3, -0.25) is 4.98 Å². The molecule has 0 spiro atoms. The number of aromatic nitrogens is 1. The molecule has 0 aromatic carbocycles. The number of rotatable bonds is 2. The Morgan fingerprint density at radius 2 is 2.12 bits per heavy atom. The smallest absolute Gasteiger partial charge is 0.137 e. The highest BCUT2D eigenvalue weighted by molar-refractivity contribution is 5.81. The second-order valence-corrected chi connectivity index (χ2v) is 5.07. The first-order chi connectivity index (χ1) is 8.36. The normalized spacial score (nSPS) is 19.6. The Bertz CT molecular complexity index is 512. The zero-order valence-electron chi connectivity index (χ0n) is 9.98. The summed E-state index contributed by atoms with van der Waals surface area (Å²) >= 11 is 0. The van der Waals surface area contributed by atoms with Crippen molar-refractivity contribution in [3.8, 4) is 0 Å². The maximum atomic E-state index is 6.06. The maximum Gasteiger partial charge on any atom is 0.137 e. The van der Waals surface area contributed by atoms with Crippen LogP contribution in [0.4, 0.5) is 0 Å². The molecule has 0 bridgehead atoms. The van der Waals surface area contributed by atoms with Gasteiger partial charge in [-0.15, -0.1) is 0 Å². The summed E-state index contributed by atoms with van der Waals surface area (Å²) in [6.07, 6.45) is 11.8. The third kappa shape index (κ3) is 1.65. The van der Waals surface area contributed by atoms with Gasteiger partial charge < -0.3 is 10.2 Å². The molecule has 0 radical (unpaired) electrons. The quantitative estimate of drug-likeness (QED) is 0.862. The zero-order chi connectivity index (χ0) is 11.7. The SMILES string of the molecule is NCC1(c2coc3ccncc23)CCCCC1. The van der Waals surface area contributed by atoms with E-state index in [0.29, 0.717) is 6.54 Å². The average Bonchev–Trinajstić information content (AvgIpc) is 2.84. The molecule has 0 saturated heterocycles. The molecule has 2 N–H and O–H groups in total. The molecule has 3 rings (SSSR count). The van der Waals surface area contributed by atoms with Crippen molar-refractivity contribution < 1.29 is 4.42 Å². The van der Waals surface area contributed by atoms with Crippen molar-refractivity contribution in [3.63, 3.8) is 0 Å². The van der Waals surface area contributed by atoms with Gasteiger partial charge in [-0.05, 0) is 18.9 Å². The summed E-state index contributed by atoms with van der Waals surface area (Å²) in [4.78, 5) is 4.21. The summed E-state index contributed by atoms with van der Waals surface area (Å²) in [7, 11) is 0. The van der Waals surface area contributed by atoms with Gasteiger partial charge in [0.05, 0.1) is 6.26 Å². The van der Waals surface area contributed by atoms with Gasteiger partial charge in [0.15, 0.2) is 0 Å². The molecule has 2 heterocycles. The third-order valence-corrected chi connectivity index (χ3v) is 4.15. The van der Waals surface area contributed by atoms with E-state index in [1.807, 2.05) is 18.5 Å². The predicted octanol–water partition coefficient (Wildman–Crippen LogP) is 2.99. The van der Waals surface area contributed by atoms with Gasteiger partial charge in [-0.1, -0.05) is 19.3 Å². The Labute approximate surface area is 101 Å². The van der Waals surface area contributed by atoms with Crippen molar-refractivity contribution in [1.29, 1.82) is 0 Å². The van der Waals surface area contributed by atoms with Crippen molar-refractivity contribution in [2.24, 2.45) is 5.73 Å². The molecule has 0 amide bonds. The molecule has 2 aromatic heterocycles. The molecule has 3 heteroatoms. The molecule has 1 aliphatic rings. The third-order valence-electron chi connectivity index (χ3n) is 4.15. The predicted molar refractivity (Wildman–Crippen MR) is 67.8 cm³/mol. The monoisotopic (exact) mass is 230 g/mol. The van der Waals surface area contributed by atoms with Crippen LogP contribution in [0.5, 0.6) is 0 Å². The van der Waals surface area contributed by atoms with Gasteiger partial charge in [0.1, 0.15) is 5.58 Å². The minimum atomic E-state index is 0.118. The number of hydrogen-bond donors (Lipinski definition) is 1. The van der Waals surface area contributed by atoms with Gasteiger partial charge >= 0.3 is 0 Å². The van der Waals surface area contributed by atoms with Crippen molar-refractivity contribution in [1.82, 2.24) is 4.98 Å². The lowest BCUT2D eigenvalue weighted by Gasteiger charge is -2.35. The van der Waals surface area contributed by atoms with E-state index in [4.69, 9.17) is 10.2 Å². The Balaban J connectivity index is 2.12. The Morgan fingerprint density at radius 1 is 1.29 bits per heavy atom. The van der Waals surface area contributed by atoms with Crippen LogP contribution in [0, 0.1) is 0 Å². The van der Waals surface area contributed by atoms with Gasteiger partial charge in [0.2, 0.25) is 0 Å². The molecule has 0 atom stereocenters. The lowest BCUT2D eigenvalue weighted by Crippen LogP contribution is -2.36. The van der Waals surface area contributed by atoms with Crippen LogP contribution >= 0.6 is 0 Å². The van der Waals surface area contributed by atoms with Crippen LogP contribution in [0.3, 0.4) is 0 Å². The van der Waals surface area contributed by atoms with Crippen molar-refractivity contribution >= 4 is 11.0 Å². The standard InChI is InChI=1S/C14H18N2O/c15-10-14(5-2-1-3-6-14)12-9-17-13-4-7-16-8-11(12)13/h4,7-9H,1-3,5-6,10,15H2. The lowest BCUT2D eigenvalue weighted by molar-refractivity contribution is 0.300. The Morgan fingerprint density at radius 3 is 2.88 bits per heavy atom. The molecule has 1 saturated carbocycles. The molecule has 3 nitrogen and oxygen atoms in total. The summed E-state index contributed by atoms with van der Waals surface area (Å²) in [5.74, 6) is 0. The van der Waals surface area contributed by atoms with Crippen molar-refractivity contribution in [2.45, 2.75) is 37.5 Å². The van der Waals surface area contributed by atoms with Crippen LogP contribution in [0.25, 0.3) is 11.0 Å². The Hall–Kier alpha value is -1.35. The topological polar surface area (TPSA) is 52.0 Å². The zero-order valence-corrected chi connectivity index (χ0v) is 9.98. The first kappa shape index (κ1) is 10.8. The molecule has 90 valence electrons. The summed E-state index contributed by atoms with van der Waals surface area (Å²) in [6.45, 7) is 0.705. The van der Waals surface area contributed by atoms with E-state index >= 15 is 0 Å². The highest BCUT2D eigenvalue weighted by Gasteiger charge is 2.35. The number of nitrogens with zero attached hydrogens (tertiary/aromatic N) is 1. The fraction of sp³-hybridized carbons (Fsp3) is 0.500. The van der Waals surface area contributed by atoms with E-state index < -0.39 is 0 Å². The molecular weight excluding hydrogens is 212 g/mol. The molecule has 1 fully saturated rings. The molecule has 17 heavy (non-hydrogen) atoms. The van der Waals surface area contributed by atoms with Crippen LogP contribution in [0.1, 0.15) is 37.7 Å². The van der Waals surface area contributed by atoms with Gasteiger partial charge in [0, 0.05) is 35.3 Å². The highest BCUT2D eigenvalue weighted by atomic mass is 16.3. The van der Waals surface area contributed by atoms with E-state index in [9.17, 15) is 0 Å². The molecule has 0 aliphatic heterocycles.